The van der Waals surface area contributed by atoms with Crippen LogP contribution < -0.4 is 5.32 Å². The Hall–Kier alpha value is -1.70. The van der Waals surface area contributed by atoms with Crippen LogP contribution in [0.3, 0.4) is 0 Å². The van der Waals surface area contributed by atoms with E-state index in [4.69, 9.17) is 23.2 Å². The van der Waals surface area contributed by atoms with Gasteiger partial charge in [0.2, 0.25) is 11.9 Å². The number of carbonyl (C=O) groups is 1. The summed E-state index contributed by atoms with van der Waals surface area (Å²) in [5.74, 6) is -0.909. The van der Waals surface area contributed by atoms with Gasteiger partial charge >= 0.3 is 0 Å². The van der Waals surface area contributed by atoms with E-state index in [1.54, 1.807) is 12.3 Å². The topological polar surface area (TPSA) is 85.1 Å². The van der Waals surface area contributed by atoms with Crippen molar-refractivity contribution >= 4 is 45.6 Å². The van der Waals surface area contributed by atoms with Crippen LogP contribution in [0.5, 0.6) is 0 Å². The van der Waals surface area contributed by atoms with E-state index >= 15 is 0 Å². The van der Waals surface area contributed by atoms with Crippen molar-refractivity contribution in [2.24, 2.45) is 5.92 Å². The minimum atomic E-state index is -0.764. The largest absolute Gasteiger partial charge is 0.301 e. The van der Waals surface area contributed by atoms with E-state index in [9.17, 15) is 14.9 Å². The Bertz CT molecular complexity index is 780. The Kier molecular flexibility index (Phi) is 4.52. The van der Waals surface area contributed by atoms with Gasteiger partial charge in [0.15, 0.2) is 5.13 Å². The zero-order valence-corrected chi connectivity index (χ0v) is 14.0. The Balaban J connectivity index is 1.63. The highest BCUT2D eigenvalue weighted by Gasteiger charge is 2.53. The summed E-state index contributed by atoms with van der Waals surface area (Å²) in [5.41, 5.74) is 0.872. The number of anilines is 1. The van der Waals surface area contributed by atoms with E-state index in [2.05, 4.69) is 10.3 Å². The van der Waals surface area contributed by atoms with Crippen molar-refractivity contribution < 1.29 is 9.72 Å². The summed E-state index contributed by atoms with van der Waals surface area (Å²) in [4.78, 5) is 27.1. The highest BCUT2D eigenvalue weighted by molar-refractivity contribution is 7.15. The number of hydrogen-bond donors (Lipinski definition) is 1. The van der Waals surface area contributed by atoms with E-state index in [-0.39, 0.29) is 12.3 Å². The Morgan fingerprint density at radius 2 is 2.26 bits per heavy atom. The number of rotatable bonds is 5. The van der Waals surface area contributed by atoms with Crippen molar-refractivity contribution in [2.45, 2.75) is 18.9 Å². The second-order valence-electron chi connectivity index (χ2n) is 5.21. The number of halogens is 2. The molecule has 0 unspecified atom stereocenters. The van der Waals surface area contributed by atoms with E-state index < -0.39 is 16.9 Å². The maximum absolute atomic E-state index is 11.9. The Labute approximate surface area is 145 Å². The molecule has 0 spiro atoms. The number of amides is 1. The lowest BCUT2D eigenvalue weighted by molar-refractivity contribution is -0.497. The number of nitrogens with zero attached hydrogens (tertiary/aromatic N) is 2. The molecule has 2 aromatic rings. The van der Waals surface area contributed by atoms with Gasteiger partial charge < -0.3 is 5.32 Å². The lowest BCUT2D eigenvalue weighted by Crippen LogP contribution is -2.18. The van der Waals surface area contributed by atoms with Gasteiger partial charge in [-0.1, -0.05) is 35.3 Å². The zero-order valence-electron chi connectivity index (χ0n) is 11.7. The molecule has 0 saturated heterocycles. The minimum Gasteiger partial charge on any atom is -0.301 e. The Morgan fingerprint density at radius 3 is 2.96 bits per heavy atom. The number of nitro groups is 1. The van der Waals surface area contributed by atoms with E-state index in [0.29, 0.717) is 21.6 Å². The molecule has 3 rings (SSSR count). The summed E-state index contributed by atoms with van der Waals surface area (Å²) in [6.07, 6.45) is 2.48. The van der Waals surface area contributed by atoms with Crippen molar-refractivity contribution in [3.8, 4) is 0 Å². The molecule has 1 saturated carbocycles. The van der Waals surface area contributed by atoms with Crippen LogP contribution in [-0.2, 0) is 11.2 Å². The summed E-state index contributed by atoms with van der Waals surface area (Å²) in [6, 6.07) is 4.64. The molecular weight excluding hydrogens is 361 g/mol. The highest BCUT2D eigenvalue weighted by atomic mass is 35.5. The molecule has 9 heteroatoms. The number of hydrogen-bond acceptors (Lipinski definition) is 5. The summed E-state index contributed by atoms with van der Waals surface area (Å²) in [7, 11) is 0. The first-order valence-corrected chi connectivity index (χ1v) is 8.35. The number of carbonyl (C=O) groups excluding carboxylic acids is 1. The number of benzene rings is 1. The molecule has 23 heavy (non-hydrogen) atoms. The molecule has 0 aliphatic heterocycles. The minimum absolute atomic E-state index is 0.287. The third-order valence-corrected chi connectivity index (χ3v) is 5.32. The van der Waals surface area contributed by atoms with Gasteiger partial charge in [-0.25, -0.2) is 4.98 Å². The molecule has 2 atom stereocenters. The van der Waals surface area contributed by atoms with Crippen LogP contribution in [0.25, 0.3) is 0 Å². The van der Waals surface area contributed by atoms with Gasteiger partial charge in [0.1, 0.15) is 5.92 Å². The van der Waals surface area contributed by atoms with Gasteiger partial charge in [-0.15, -0.1) is 11.3 Å². The second kappa shape index (κ2) is 6.43. The van der Waals surface area contributed by atoms with Crippen LogP contribution in [0.1, 0.15) is 16.9 Å². The van der Waals surface area contributed by atoms with Crippen molar-refractivity contribution in [3.63, 3.8) is 0 Å². The maximum Gasteiger partial charge on any atom is 0.236 e. The summed E-state index contributed by atoms with van der Waals surface area (Å²) >= 11 is 13.4. The van der Waals surface area contributed by atoms with Gasteiger partial charge in [0.05, 0.1) is 10.0 Å². The summed E-state index contributed by atoms with van der Waals surface area (Å²) in [6.45, 7) is 0. The molecule has 1 aliphatic rings. The first kappa shape index (κ1) is 16.2. The van der Waals surface area contributed by atoms with Crippen LogP contribution in [0.15, 0.2) is 24.4 Å². The average molecular weight is 372 g/mol. The van der Waals surface area contributed by atoms with Gasteiger partial charge in [0.25, 0.3) is 0 Å². The standard InChI is InChI=1S/C14H11Cl2N3O3S/c15-10-3-1-2-7(12(10)16)4-8-6-17-14(23-8)18-13(20)9-5-11(9)19(21)22/h1-3,6,9,11H,4-5H2,(H,17,18,20)/t9-,11-/m0/s1. The van der Waals surface area contributed by atoms with Gasteiger partial charge in [-0.2, -0.15) is 0 Å². The second-order valence-corrected chi connectivity index (χ2v) is 7.11. The van der Waals surface area contributed by atoms with Gasteiger partial charge in [-0.3, -0.25) is 14.9 Å². The van der Waals surface area contributed by atoms with Crippen molar-refractivity contribution in [1.29, 1.82) is 0 Å². The summed E-state index contributed by atoms with van der Waals surface area (Å²) in [5, 5.41) is 14.6. The predicted octanol–water partition coefficient (Wildman–Crippen LogP) is 3.64. The fourth-order valence-corrected chi connectivity index (χ4v) is 3.44. The smallest absolute Gasteiger partial charge is 0.236 e. The first-order chi connectivity index (χ1) is 11.0. The molecule has 1 aromatic heterocycles. The molecule has 1 aliphatic carbocycles. The maximum atomic E-state index is 11.9. The van der Waals surface area contributed by atoms with Gasteiger partial charge in [0, 0.05) is 28.8 Å². The van der Waals surface area contributed by atoms with Crippen LogP contribution in [-0.4, -0.2) is 21.9 Å². The molecule has 1 N–H and O–H groups in total. The zero-order chi connectivity index (χ0) is 16.6. The van der Waals surface area contributed by atoms with Crippen LogP contribution >= 0.6 is 34.5 Å². The monoisotopic (exact) mass is 371 g/mol. The number of thiazole rings is 1. The van der Waals surface area contributed by atoms with E-state index in [1.807, 2.05) is 12.1 Å². The lowest BCUT2D eigenvalue weighted by Gasteiger charge is -2.03. The molecule has 0 radical (unpaired) electrons. The number of nitrogens with one attached hydrogen (secondary N) is 1. The van der Waals surface area contributed by atoms with E-state index in [0.717, 1.165) is 10.4 Å². The third-order valence-electron chi connectivity index (χ3n) is 3.54. The van der Waals surface area contributed by atoms with Crippen LogP contribution in [0.4, 0.5) is 5.13 Å². The lowest BCUT2D eigenvalue weighted by atomic mass is 10.1. The normalized spacial score (nSPS) is 19.4. The quantitative estimate of drug-likeness (QED) is 0.641. The van der Waals surface area contributed by atoms with Crippen LogP contribution in [0.2, 0.25) is 10.0 Å². The molecule has 6 nitrogen and oxygen atoms in total. The molecule has 1 amide bonds. The highest BCUT2D eigenvalue weighted by Crippen LogP contribution is 2.35. The predicted molar refractivity (Wildman–Crippen MR) is 88.9 cm³/mol. The molecule has 0 bridgehead atoms. The van der Waals surface area contributed by atoms with Crippen molar-refractivity contribution in [2.75, 3.05) is 5.32 Å². The van der Waals surface area contributed by atoms with E-state index in [1.165, 1.54) is 11.3 Å². The third kappa shape index (κ3) is 3.63. The van der Waals surface area contributed by atoms with Gasteiger partial charge in [-0.05, 0) is 11.6 Å². The van der Waals surface area contributed by atoms with Crippen molar-refractivity contribution in [1.82, 2.24) is 4.98 Å². The molecular formula is C14H11Cl2N3O3S. The molecule has 1 fully saturated rings. The first-order valence-electron chi connectivity index (χ1n) is 6.77. The van der Waals surface area contributed by atoms with Crippen molar-refractivity contribution in [3.05, 3.63) is 55.0 Å². The molecule has 1 heterocycles. The average Bonchev–Trinajstić information content (AvgIpc) is 3.20. The fraction of sp³-hybridized carbons (Fsp3) is 0.286. The van der Waals surface area contributed by atoms with Crippen LogP contribution in [0, 0.1) is 16.0 Å². The molecule has 1 aromatic carbocycles. The molecule has 120 valence electrons. The fourth-order valence-electron chi connectivity index (χ4n) is 2.21. The SMILES string of the molecule is O=C(Nc1ncc(Cc2cccc(Cl)c2Cl)s1)[C@H]1C[C@@H]1[N+](=O)[O-]. The number of aromatic nitrogens is 1. The summed E-state index contributed by atoms with van der Waals surface area (Å²) < 4.78 is 0. The Morgan fingerprint density at radius 1 is 1.48 bits per heavy atom.